The number of amides is 1. The fourth-order valence-corrected chi connectivity index (χ4v) is 2.86. The Balaban J connectivity index is 1.68. The third-order valence-corrected chi connectivity index (χ3v) is 4.18. The molecule has 2 aromatic heterocycles. The first kappa shape index (κ1) is 12.4. The Morgan fingerprint density at radius 2 is 2.21 bits per heavy atom. The average molecular weight is 272 g/mol. The average Bonchev–Trinajstić information content (AvgIpc) is 3.13. The van der Waals surface area contributed by atoms with Crippen LogP contribution in [0.15, 0.2) is 41.9 Å². The molecule has 1 fully saturated rings. The first-order valence-corrected chi connectivity index (χ1v) is 7.48. The molecule has 0 aromatic carbocycles. The smallest absolute Gasteiger partial charge is 0.228 e. The Labute approximate surface area is 116 Å². The number of hydrogen-bond donors (Lipinski definition) is 0. The molecular weight excluding hydrogens is 256 g/mol. The quantitative estimate of drug-likeness (QED) is 0.837. The zero-order valence-electron chi connectivity index (χ0n) is 10.7. The highest BCUT2D eigenvalue weighted by molar-refractivity contribution is 7.09. The van der Waals surface area contributed by atoms with E-state index in [0.717, 1.165) is 25.1 Å². The second-order valence-electron chi connectivity index (χ2n) is 4.76. The van der Waals surface area contributed by atoms with Gasteiger partial charge in [-0.3, -0.25) is 9.69 Å². The van der Waals surface area contributed by atoms with Crippen molar-refractivity contribution in [2.45, 2.75) is 31.7 Å². The van der Waals surface area contributed by atoms with Gasteiger partial charge in [-0.15, -0.1) is 11.3 Å². The molecule has 98 valence electrons. The Bertz CT molecular complexity index is 535. The number of nitrogens with zero attached hydrogens (tertiary/aromatic N) is 2. The maximum Gasteiger partial charge on any atom is 0.228 e. The number of hydrogen-bond acceptors (Lipinski definition) is 3. The summed E-state index contributed by atoms with van der Waals surface area (Å²) in [6.45, 7) is 0. The lowest BCUT2D eigenvalue weighted by molar-refractivity contribution is -0.118. The van der Waals surface area contributed by atoms with Crippen LogP contribution in [0.25, 0.3) is 0 Å². The summed E-state index contributed by atoms with van der Waals surface area (Å²) in [5, 5.41) is 2.05. The zero-order chi connectivity index (χ0) is 13.1. The second kappa shape index (κ2) is 5.53. The highest BCUT2D eigenvalue weighted by Gasteiger charge is 2.33. The fraction of sp³-hybridized carbons (Fsp3) is 0.333. The van der Waals surface area contributed by atoms with Crippen molar-refractivity contribution in [1.82, 2.24) is 4.98 Å². The largest absolute Gasteiger partial charge is 0.294 e. The Hall–Kier alpha value is -1.68. The van der Waals surface area contributed by atoms with Crippen LogP contribution >= 0.6 is 11.3 Å². The van der Waals surface area contributed by atoms with Crippen LogP contribution < -0.4 is 4.90 Å². The van der Waals surface area contributed by atoms with Crippen molar-refractivity contribution >= 4 is 23.1 Å². The van der Waals surface area contributed by atoms with Crippen LogP contribution in [0.4, 0.5) is 5.82 Å². The van der Waals surface area contributed by atoms with Crippen molar-refractivity contribution < 1.29 is 4.79 Å². The number of pyridine rings is 1. The minimum absolute atomic E-state index is 0.189. The van der Waals surface area contributed by atoms with Crippen LogP contribution in [-0.4, -0.2) is 16.9 Å². The molecule has 3 rings (SSSR count). The van der Waals surface area contributed by atoms with Crippen molar-refractivity contribution in [3.63, 3.8) is 0 Å². The molecule has 1 saturated carbocycles. The first-order valence-electron chi connectivity index (χ1n) is 6.60. The van der Waals surface area contributed by atoms with E-state index in [-0.39, 0.29) is 5.91 Å². The van der Waals surface area contributed by atoms with Gasteiger partial charge in [-0.05, 0) is 42.8 Å². The highest BCUT2D eigenvalue weighted by atomic mass is 32.1. The number of thiophene rings is 1. The normalized spacial score (nSPS) is 14.3. The predicted octanol–water partition coefficient (Wildman–Crippen LogP) is 3.27. The molecule has 0 aliphatic heterocycles. The molecular formula is C15H16N2OS. The molecule has 1 aliphatic rings. The molecule has 2 aromatic rings. The van der Waals surface area contributed by atoms with Gasteiger partial charge in [-0.2, -0.15) is 0 Å². The monoisotopic (exact) mass is 272 g/mol. The number of carbonyl (C=O) groups is 1. The van der Waals surface area contributed by atoms with Crippen LogP contribution in [-0.2, 0) is 11.2 Å². The maximum atomic E-state index is 12.4. The van der Waals surface area contributed by atoms with Gasteiger partial charge in [0.05, 0.1) is 0 Å². The van der Waals surface area contributed by atoms with Gasteiger partial charge in [0.1, 0.15) is 5.82 Å². The lowest BCUT2D eigenvalue weighted by Crippen LogP contribution is -2.33. The molecule has 0 bridgehead atoms. The highest BCUT2D eigenvalue weighted by Crippen LogP contribution is 2.31. The summed E-state index contributed by atoms with van der Waals surface area (Å²) in [5.41, 5.74) is 0. The van der Waals surface area contributed by atoms with E-state index in [2.05, 4.69) is 16.4 Å². The van der Waals surface area contributed by atoms with Crippen LogP contribution in [0.5, 0.6) is 0 Å². The maximum absolute atomic E-state index is 12.4. The Morgan fingerprint density at radius 1 is 1.32 bits per heavy atom. The van der Waals surface area contributed by atoms with Gasteiger partial charge in [0, 0.05) is 23.5 Å². The van der Waals surface area contributed by atoms with Gasteiger partial charge >= 0.3 is 0 Å². The summed E-state index contributed by atoms with van der Waals surface area (Å²) in [6.07, 6.45) is 5.33. The molecule has 0 atom stereocenters. The van der Waals surface area contributed by atoms with Crippen molar-refractivity contribution in [3.8, 4) is 0 Å². The van der Waals surface area contributed by atoms with Crippen molar-refractivity contribution in [2.75, 3.05) is 4.90 Å². The van der Waals surface area contributed by atoms with Gasteiger partial charge < -0.3 is 0 Å². The lowest BCUT2D eigenvalue weighted by Gasteiger charge is -2.21. The minimum atomic E-state index is 0.189. The number of rotatable bonds is 5. The predicted molar refractivity (Wildman–Crippen MR) is 77.4 cm³/mol. The van der Waals surface area contributed by atoms with E-state index in [4.69, 9.17) is 0 Å². The van der Waals surface area contributed by atoms with E-state index in [0.29, 0.717) is 12.5 Å². The van der Waals surface area contributed by atoms with Crippen LogP contribution in [0.3, 0.4) is 0 Å². The Morgan fingerprint density at radius 3 is 2.84 bits per heavy atom. The summed E-state index contributed by atoms with van der Waals surface area (Å²) in [5.74, 6) is 0.982. The molecule has 2 heterocycles. The van der Waals surface area contributed by atoms with Gasteiger partial charge in [0.25, 0.3) is 0 Å². The summed E-state index contributed by atoms with van der Waals surface area (Å²) in [6, 6.07) is 10.2. The van der Waals surface area contributed by atoms with Gasteiger partial charge in [-0.25, -0.2) is 4.98 Å². The number of aromatic nitrogens is 1. The number of aryl methyl sites for hydroxylation is 1. The molecule has 4 heteroatoms. The molecule has 0 radical (unpaired) electrons. The summed E-state index contributed by atoms with van der Waals surface area (Å²) >= 11 is 1.71. The first-order chi connectivity index (χ1) is 9.34. The van der Waals surface area contributed by atoms with E-state index >= 15 is 0 Å². The van der Waals surface area contributed by atoms with Crippen LogP contribution in [0.2, 0.25) is 0 Å². The molecule has 1 aliphatic carbocycles. The topological polar surface area (TPSA) is 33.2 Å². The SMILES string of the molecule is O=C(CCc1cccs1)N(c1ccccn1)C1CC1. The number of carbonyl (C=O) groups excluding carboxylic acids is 1. The second-order valence-corrected chi connectivity index (χ2v) is 5.79. The standard InChI is InChI=1S/C15H16N2OS/c18-15(9-8-13-4-3-11-19-13)17(12-6-7-12)14-5-1-2-10-16-14/h1-5,10-12H,6-9H2. The van der Waals surface area contributed by atoms with Crippen molar-refractivity contribution in [1.29, 1.82) is 0 Å². The van der Waals surface area contributed by atoms with Gasteiger partial charge in [-0.1, -0.05) is 12.1 Å². The summed E-state index contributed by atoms with van der Waals surface area (Å²) in [4.78, 5) is 19.9. The molecule has 1 amide bonds. The Kier molecular flexibility index (Phi) is 3.60. The lowest BCUT2D eigenvalue weighted by atomic mass is 10.2. The van der Waals surface area contributed by atoms with E-state index in [1.54, 1.807) is 17.5 Å². The molecule has 3 nitrogen and oxygen atoms in total. The molecule has 0 spiro atoms. The van der Waals surface area contributed by atoms with E-state index in [1.165, 1.54) is 4.88 Å². The third kappa shape index (κ3) is 3.01. The van der Waals surface area contributed by atoms with E-state index in [9.17, 15) is 4.79 Å². The number of anilines is 1. The minimum Gasteiger partial charge on any atom is -0.294 e. The van der Waals surface area contributed by atoms with E-state index < -0.39 is 0 Å². The fourth-order valence-electron chi connectivity index (χ4n) is 2.15. The van der Waals surface area contributed by atoms with Crippen LogP contribution in [0.1, 0.15) is 24.1 Å². The van der Waals surface area contributed by atoms with Crippen LogP contribution in [0, 0.1) is 0 Å². The van der Waals surface area contributed by atoms with Gasteiger partial charge in [0.2, 0.25) is 5.91 Å². The zero-order valence-corrected chi connectivity index (χ0v) is 11.5. The van der Waals surface area contributed by atoms with E-state index in [1.807, 2.05) is 29.2 Å². The molecule has 0 N–H and O–H groups in total. The van der Waals surface area contributed by atoms with Crippen molar-refractivity contribution in [3.05, 3.63) is 46.8 Å². The van der Waals surface area contributed by atoms with Crippen molar-refractivity contribution in [2.24, 2.45) is 0 Å². The molecule has 0 saturated heterocycles. The molecule has 0 unspecified atom stereocenters. The van der Waals surface area contributed by atoms with Gasteiger partial charge in [0.15, 0.2) is 0 Å². The summed E-state index contributed by atoms with van der Waals surface area (Å²) in [7, 11) is 0. The summed E-state index contributed by atoms with van der Waals surface area (Å²) < 4.78 is 0. The third-order valence-electron chi connectivity index (χ3n) is 3.24. The molecule has 19 heavy (non-hydrogen) atoms.